The summed E-state index contributed by atoms with van der Waals surface area (Å²) in [6.07, 6.45) is 3.83. The number of benzene rings is 2. The summed E-state index contributed by atoms with van der Waals surface area (Å²) >= 11 is 0. The number of anilines is 1. The third-order valence-corrected chi connectivity index (χ3v) is 5.29. The molecule has 0 unspecified atom stereocenters. The second-order valence-corrected chi connectivity index (χ2v) is 7.61. The molecule has 2 aromatic carbocycles. The first kappa shape index (κ1) is 19.2. The largest absolute Gasteiger partial charge is 0.489 e. The number of amides is 1. The Hall–Kier alpha value is -3.12. The van der Waals surface area contributed by atoms with Crippen LogP contribution < -0.4 is 15.4 Å². The summed E-state index contributed by atoms with van der Waals surface area (Å²) in [4.78, 5) is 12.9. The highest BCUT2D eigenvalue weighted by Gasteiger charge is 2.34. The molecule has 2 N–H and O–H groups in total. The number of hydrogen-bond donors (Lipinski definition) is 2. The first-order valence-corrected chi connectivity index (χ1v) is 9.87. The predicted octanol–water partition coefficient (Wildman–Crippen LogP) is 3.25. The van der Waals surface area contributed by atoms with E-state index < -0.39 is 0 Å². The van der Waals surface area contributed by atoms with Crippen molar-refractivity contribution in [3.63, 3.8) is 0 Å². The predicted molar refractivity (Wildman–Crippen MR) is 113 cm³/mol. The number of nitrogens with one attached hydrogen (secondary N) is 2. The van der Waals surface area contributed by atoms with Crippen LogP contribution in [0.4, 0.5) is 5.69 Å². The minimum Gasteiger partial charge on any atom is -0.489 e. The Morgan fingerprint density at radius 3 is 2.90 bits per heavy atom. The number of rotatable bonds is 6. The van der Waals surface area contributed by atoms with Crippen molar-refractivity contribution in [1.82, 2.24) is 15.1 Å². The van der Waals surface area contributed by atoms with Crippen molar-refractivity contribution in [3.05, 3.63) is 77.6 Å². The fourth-order valence-electron chi connectivity index (χ4n) is 3.80. The SMILES string of the molecule is Cc1cccc(COc2cccc(NC(=O)[C@H]3CNC[C@@H]3c3cnn(C)c3)c2)c1. The number of hydrogen-bond acceptors (Lipinski definition) is 4. The monoisotopic (exact) mass is 390 g/mol. The molecule has 0 aliphatic carbocycles. The van der Waals surface area contributed by atoms with Crippen molar-refractivity contribution in [3.8, 4) is 5.75 Å². The number of aryl methyl sites for hydroxylation is 2. The van der Waals surface area contributed by atoms with Gasteiger partial charge in [0.15, 0.2) is 0 Å². The standard InChI is InChI=1S/C23H26N4O2/c1-16-5-3-6-17(9-16)15-29-20-8-4-7-19(10-20)26-23(28)22-13-24-12-21(22)18-11-25-27(2)14-18/h3-11,14,21-22,24H,12-13,15H2,1-2H3,(H,26,28)/t21-,22+/m1/s1. The maximum atomic E-state index is 12.9. The fourth-order valence-corrected chi connectivity index (χ4v) is 3.80. The number of ether oxygens (including phenoxy) is 1. The lowest BCUT2D eigenvalue weighted by atomic mass is 9.90. The van der Waals surface area contributed by atoms with Crippen molar-refractivity contribution in [2.24, 2.45) is 13.0 Å². The topological polar surface area (TPSA) is 68.2 Å². The van der Waals surface area contributed by atoms with E-state index in [1.54, 1.807) is 4.68 Å². The Kier molecular flexibility index (Phi) is 5.62. The highest BCUT2D eigenvalue weighted by atomic mass is 16.5. The van der Waals surface area contributed by atoms with Crippen LogP contribution in [-0.2, 0) is 18.4 Å². The maximum absolute atomic E-state index is 12.9. The highest BCUT2D eigenvalue weighted by molar-refractivity contribution is 5.93. The summed E-state index contributed by atoms with van der Waals surface area (Å²) in [6, 6.07) is 15.8. The lowest BCUT2D eigenvalue weighted by molar-refractivity contribution is -0.119. The van der Waals surface area contributed by atoms with Crippen molar-refractivity contribution >= 4 is 11.6 Å². The molecule has 1 aliphatic heterocycles. The quantitative estimate of drug-likeness (QED) is 0.678. The van der Waals surface area contributed by atoms with E-state index in [1.807, 2.05) is 55.8 Å². The van der Waals surface area contributed by atoms with Gasteiger partial charge in [-0.25, -0.2) is 0 Å². The van der Waals surface area contributed by atoms with Crippen LogP contribution in [-0.4, -0.2) is 28.8 Å². The van der Waals surface area contributed by atoms with Gasteiger partial charge in [0.1, 0.15) is 12.4 Å². The zero-order chi connectivity index (χ0) is 20.2. The molecule has 150 valence electrons. The van der Waals surface area contributed by atoms with Gasteiger partial charge >= 0.3 is 0 Å². The molecule has 1 aromatic heterocycles. The Morgan fingerprint density at radius 1 is 1.24 bits per heavy atom. The molecule has 1 saturated heterocycles. The van der Waals surface area contributed by atoms with Gasteiger partial charge in [-0.2, -0.15) is 5.10 Å². The molecule has 1 fully saturated rings. The summed E-state index contributed by atoms with van der Waals surface area (Å²) < 4.78 is 7.69. The van der Waals surface area contributed by atoms with Gasteiger partial charge in [0.05, 0.1) is 12.1 Å². The fraction of sp³-hybridized carbons (Fsp3) is 0.304. The summed E-state index contributed by atoms with van der Waals surface area (Å²) in [5.74, 6) is 0.748. The van der Waals surface area contributed by atoms with Gasteiger partial charge in [0, 0.05) is 44.0 Å². The van der Waals surface area contributed by atoms with E-state index >= 15 is 0 Å². The number of carbonyl (C=O) groups is 1. The molecule has 6 heteroatoms. The summed E-state index contributed by atoms with van der Waals surface area (Å²) in [5, 5.41) is 10.6. The summed E-state index contributed by atoms with van der Waals surface area (Å²) in [5.41, 5.74) is 4.16. The van der Waals surface area contributed by atoms with Crippen molar-refractivity contribution in [2.45, 2.75) is 19.4 Å². The Balaban J connectivity index is 1.40. The number of aromatic nitrogens is 2. The third-order valence-electron chi connectivity index (χ3n) is 5.29. The minimum absolute atomic E-state index is 0.0136. The Bertz CT molecular complexity index is 998. The zero-order valence-electron chi connectivity index (χ0n) is 16.8. The lowest BCUT2D eigenvalue weighted by Crippen LogP contribution is -2.28. The molecule has 4 rings (SSSR count). The zero-order valence-corrected chi connectivity index (χ0v) is 16.8. The van der Waals surface area contributed by atoms with Crippen LogP contribution in [0.5, 0.6) is 5.75 Å². The lowest BCUT2D eigenvalue weighted by Gasteiger charge is -2.17. The molecule has 1 amide bonds. The van der Waals surface area contributed by atoms with E-state index in [2.05, 4.69) is 34.8 Å². The van der Waals surface area contributed by atoms with Gasteiger partial charge in [0.2, 0.25) is 5.91 Å². The van der Waals surface area contributed by atoms with Gasteiger partial charge < -0.3 is 15.4 Å². The molecule has 2 heterocycles. The second-order valence-electron chi connectivity index (χ2n) is 7.61. The molecule has 0 bridgehead atoms. The van der Waals surface area contributed by atoms with Crippen LogP contribution in [0.3, 0.4) is 0 Å². The van der Waals surface area contributed by atoms with E-state index in [0.717, 1.165) is 29.1 Å². The van der Waals surface area contributed by atoms with Gasteiger partial charge in [-0.05, 0) is 30.2 Å². The van der Waals surface area contributed by atoms with Gasteiger partial charge in [0.25, 0.3) is 0 Å². The molecule has 1 aliphatic rings. The minimum atomic E-state index is -0.129. The van der Waals surface area contributed by atoms with Crippen LogP contribution in [0.15, 0.2) is 60.9 Å². The molecule has 3 aromatic rings. The summed E-state index contributed by atoms with van der Waals surface area (Å²) in [6.45, 7) is 4.00. The Labute approximate surface area is 170 Å². The first-order chi connectivity index (χ1) is 14.1. The van der Waals surface area contributed by atoms with E-state index in [4.69, 9.17) is 4.74 Å². The first-order valence-electron chi connectivity index (χ1n) is 9.87. The normalized spacial score (nSPS) is 18.6. The average Bonchev–Trinajstić information content (AvgIpc) is 3.35. The molecular formula is C23H26N4O2. The van der Waals surface area contributed by atoms with Crippen molar-refractivity contribution < 1.29 is 9.53 Å². The maximum Gasteiger partial charge on any atom is 0.229 e. The number of carbonyl (C=O) groups excluding carboxylic acids is 1. The molecule has 29 heavy (non-hydrogen) atoms. The molecule has 2 atom stereocenters. The molecule has 0 spiro atoms. The van der Waals surface area contributed by atoms with Crippen LogP contribution in [0.2, 0.25) is 0 Å². The molecule has 6 nitrogen and oxygen atoms in total. The Morgan fingerprint density at radius 2 is 2.10 bits per heavy atom. The van der Waals surface area contributed by atoms with Gasteiger partial charge in [-0.1, -0.05) is 35.9 Å². The molecular weight excluding hydrogens is 364 g/mol. The van der Waals surface area contributed by atoms with E-state index in [1.165, 1.54) is 5.56 Å². The smallest absolute Gasteiger partial charge is 0.229 e. The van der Waals surface area contributed by atoms with Crippen molar-refractivity contribution in [1.29, 1.82) is 0 Å². The van der Waals surface area contributed by atoms with Crippen LogP contribution >= 0.6 is 0 Å². The van der Waals surface area contributed by atoms with E-state index in [9.17, 15) is 4.79 Å². The van der Waals surface area contributed by atoms with Crippen molar-refractivity contribution in [2.75, 3.05) is 18.4 Å². The van der Waals surface area contributed by atoms with Crippen LogP contribution in [0, 0.1) is 12.8 Å². The highest BCUT2D eigenvalue weighted by Crippen LogP contribution is 2.29. The van der Waals surface area contributed by atoms with E-state index in [0.29, 0.717) is 13.2 Å². The average molecular weight is 390 g/mol. The molecule has 0 radical (unpaired) electrons. The van der Waals surface area contributed by atoms with Crippen LogP contribution in [0.25, 0.3) is 0 Å². The second kappa shape index (κ2) is 8.49. The number of nitrogens with zero attached hydrogens (tertiary/aromatic N) is 2. The van der Waals surface area contributed by atoms with Gasteiger partial charge in [-0.3, -0.25) is 9.48 Å². The summed E-state index contributed by atoms with van der Waals surface area (Å²) in [7, 11) is 1.89. The third kappa shape index (κ3) is 4.66. The van der Waals surface area contributed by atoms with Gasteiger partial charge in [-0.15, -0.1) is 0 Å². The van der Waals surface area contributed by atoms with E-state index in [-0.39, 0.29) is 17.7 Å². The molecule has 0 saturated carbocycles. The van der Waals surface area contributed by atoms with Crippen LogP contribution in [0.1, 0.15) is 22.6 Å².